The highest BCUT2D eigenvalue weighted by Gasteiger charge is 2.67. The Morgan fingerprint density at radius 2 is 1.84 bits per heavy atom. The third-order valence-electron chi connectivity index (χ3n) is 6.32. The second-order valence-electron chi connectivity index (χ2n) is 7.61. The molecule has 2 heterocycles. The predicted octanol–water partition coefficient (Wildman–Crippen LogP) is 1.45. The zero-order valence-corrected chi connectivity index (χ0v) is 17.2. The maximum atomic E-state index is 12.9. The number of likely N-dealkylation sites (tertiary alicyclic amines) is 1. The highest BCUT2D eigenvalue weighted by atomic mass is 79.9. The zero-order valence-electron chi connectivity index (χ0n) is 14.0. The maximum Gasteiger partial charge on any atom is 0.243 e. The molecule has 0 aromatic carbocycles. The molecule has 138 valence electrons. The zero-order chi connectivity index (χ0) is 17.9. The van der Waals surface area contributed by atoms with Gasteiger partial charge in [-0.05, 0) is 38.0 Å². The summed E-state index contributed by atoms with van der Waals surface area (Å²) in [6.45, 7) is 2.80. The third-order valence-corrected chi connectivity index (χ3v) is 9.52. The first-order valence-electron chi connectivity index (χ1n) is 8.96. The maximum absolute atomic E-state index is 12.9. The van der Waals surface area contributed by atoms with E-state index in [1.54, 1.807) is 6.92 Å². The van der Waals surface area contributed by atoms with Crippen molar-refractivity contribution >= 4 is 49.6 Å². The Balaban J connectivity index is 1.45. The first-order valence-corrected chi connectivity index (χ1v) is 10.8. The fourth-order valence-corrected chi connectivity index (χ4v) is 6.91. The van der Waals surface area contributed by atoms with Gasteiger partial charge in [-0.15, -0.1) is 0 Å². The van der Waals surface area contributed by atoms with Crippen LogP contribution >= 0.6 is 31.9 Å². The van der Waals surface area contributed by atoms with Crippen LogP contribution in [-0.2, 0) is 19.1 Å². The van der Waals surface area contributed by atoms with Crippen molar-refractivity contribution in [2.24, 2.45) is 23.7 Å². The lowest BCUT2D eigenvalue weighted by Crippen LogP contribution is -2.50. The van der Waals surface area contributed by atoms with Gasteiger partial charge in [0.1, 0.15) is 6.04 Å². The van der Waals surface area contributed by atoms with Crippen molar-refractivity contribution in [1.82, 2.24) is 10.2 Å². The van der Waals surface area contributed by atoms with Gasteiger partial charge in [-0.25, -0.2) is 0 Å². The van der Waals surface area contributed by atoms with Crippen molar-refractivity contribution in [3.8, 4) is 0 Å². The van der Waals surface area contributed by atoms with Crippen molar-refractivity contribution in [2.45, 2.75) is 48.0 Å². The van der Waals surface area contributed by atoms with E-state index in [9.17, 15) is 14.4 Å². The van der Waals surface area contributed by atoms with E-state index < -0.39 is 6.04 Å². The van der Waals surface area contributed by atoms with Crippen molar-refractivity contribution in [3.63, 3.8) is 0 Å². The van der Waals surface area contributed by atoms with E-state index in [2.05, 4.69) is 37.2 Å². The van der Waals surface area contributed by atoms with Gasteiger partial charge in [0.2, 0.25) is 17.7 Å². The third kappa shape index (κ3) is 2.70. The molecule has 2 bridgehead atoms. The summed E-state index contributed by atoms with van der Waals surface area (Å²) in [5.41, 5.74) is 0. The van der Waals surface area contributed by atoms with Crippen LogP contribution in [0.25, 0.3) is 0 Å². The normalized spacial score (nSPS) is 43.6. The summed E-state index contributed by atoms with van der Waals surface area (Å²) in [6, 6.07) is -0.769. The number of fused-ring (bicyclic) bond motifs is 5. The van der Waals surface area contributed by atoms with Crippen LogP contribution in [0, 0.1) is 23.7 Å². The van der Waals surface area contributed by atoms with Gasteiger partial charge in [-0.3, -0.25) is 19.3 Å². The highest BCUT2D eigenvalue weighted by Crippen LogP contribution is 2.60. The van der Waals surface area contributed by atoms with Gasteiger partial charge in [0.15, 0.2) is 0 Å². The quantitative estimate of drug-likeness (QED) is 0.491. The molecule has 4 rings (SSSR count). The summed E-state index contributed by atoms with van der Waals surface area (Å²) in [6.07, 6.45) is 2.88. The molecule has 25 heavy (non-hydrogen) atoms. The van der Waals surface area contributed by atoms with Gasteiger partial charge in [0.05, 0.1) is 17.9 Å². The Morgan fingerprint density at radius 1 is 1.24 bits per heavy atom. The van der Waals surface area contributed by atoms with Gasteiger partial charge in [-0.1, -0.05) is 31.9 Å². The fraction of sp³-hybridized carbons (Fsp3) is 0.824. The Kier molecular flexibility index (Phi) is 4.73. The van der Waals surface area contributed by atoms with Crippen LogP contribution in [0.5, 0.6) is 0 Å². The minimum absolute atomic E-state index is 0.0414. The second kappa shape index (κ2) is 6.60. The lowest BCUT2D eigenvalue weighted by atomic mass is 9.81. The number of nitrogens with one attached hydrogen (secondary N) is 1. The fourth-order valence-electron chi connectivity index (χ4n) is 5.04. The van der Waals surface area contributed by atoms with Crippen LogP contribution in [0.1, 0.15) is 26.2 Å². The molecule has 4 fully saturated rings. The molecule has 0 radical (unpaired) electrons. The average molecular weight is 478 g/mol. The van der Waals surface area contributed by atoms with Crippen LogP contribution in [0.4, 0.5) is 0 Å². The second-order valence-corrected chi connectivity index (χ2v) is 9.72. The molecule has 0 spiro atoms. The van der Waals surface area contributed by atoms with Crippen LogP contribution in [0.15, 0.2) is 0 Å². The summed E-state index contributed by atoms with van der Waals surface area (Å²) in [5.74, 6) is -0.841. The molecule has 2 aliphatic heterocycles. The van der Waals surface area contributed by atoms with Gasteiger partial charge >= 0.3 is 0 Å². The predicted molar refractivity (Wildman–Crippen MR) is 97.3 cm³/mol. The lowest BCUT2D eigenvalue weighted by Gasteiger charge is -2.28. The van der Waals surface area contributed by atoms with Crippen LogP contribution in [0.3, 0.4) is 0 Å². The number of hydrogen-bond donors (Lipinski definition) is 1. The number of carbonyl (C=O) groups is 3. The van der Waals surface area contributed by atoms with Gasteiger partial charge in [0, 0.05) is 22.8 Å². The standard InChI is InChI=1S/C17H22Br2N2O4/c1-7(15(22)20-6-8-3-2-4-25-8)21-16(23)11-9-5-10(12(11)17(21)24)14(19)13(9)18/h7-14H,2-6H2,1H3,(H,20,22)/t7-,8+,9+,10+,11-,12+,13+,14-/m1/s1. The smallest absolute Gasteiger partial charge is 0.243 e. The molecule has 0 aromatic rings. The number of imide groups is 1. The average Bonchev–Trinajstić information content (AvgIpc) is 3.33. The van der Waals surface area contributed by atoms with E-state index in [0.717, 1.165) is 25.9 Å². The van der Waals surface area contributed by atoms with Crippen molar-refractivity contribution in [3.05, 3.63) is 0 Å². The SMILES string of the molecule is C[C@H](C(=O)NC[C@@H]1CCCO1)N1C(=O)[C@@H]2[C@@H]3C[C@H]([C@@H](Br)[C@H]3Br)[C@@H]2C1=O. The molecule has 4 aliphatic rings. The molecular formula is C17H22Br2N2O4. The molecule has 2 aliphatic carbocycles. The number of rotatable bonds is 4. The Labute approximate surface area is 163 Å². The summed E-state index contributed by atoms with van der Waals surface area (Å²) >= 11 is 7.34. The first kappa shape index (κ1) is 17.9. The Bertz CT molecular complexity index is 577. The molecule has 1 N–H and O–H groups in total. The number of nitrogens with zero attached hydrogens (tertiary/aromatic N) is 1. The van der Waals surface area contributed by atoms with Gasteiger partial charge < -0.3 is 10.1 Å². The Hall–Kier alpha value is -0.470. The lowest BCUT2D eigenvalue weighted by molar-refractivity contribution is -0.148. The first-order chi connectivity index (χ1) is 11.9. The van der Waals surface area contributed by atoms with Crippen LogP contribution in [-0.4, -0.2) is 57.6 Å². The monoisotopic (exact) mass is 476 g/mol. The Morgan fingerprint density at radius 3 is 2.36 bits per heavy atom. The molecule has 3 amide bonds. The number of ether oxygens (including phenoxy) is 1. The molecule has 0 aromatic heterocycles. The van der Waals surface area contributed by atoms with E-state index in [1.165, 1.54) is 4.90 Å². The number of amides is 3. The van der Waals surface area contributed by atoms with Gasteiger partial charge in [0.25, 0.3) is 0 Å². The largest absolute Gasteiger partial charge is 0.376 e. The number of halogens is 2. The molecular weight excluding hydrogens is 456 g/mol. The minimum Gasteiger partial charge on any atom is -0.376 e. The van der Waals surface area contributed by atoms with Crippen molar-refractivity contribution in [1.29, 1.82) is 0 Å². The molecule has 2 saturated heterocycles. The molecule has 8 heteroatoms. The molecule has 8 atom stereocenters. The number of carbonyl (C=O) groups excluding carboxylic acids is 3. The molecule has 2 saturated carbocycles. The summed E-state index contributed by atoms with van der Waals surface area (Å²) in [4.78, 5) is 39.9. The number of alkyl halides is 2. The topological polar surface area (TPSA) is 75.7 Å². The molecule has 0 unspecified atom stereocenters. The van der Waals surface area contributed by atoms with E-state index in [4.69, 9.17) is 4.74 Å². The van der Waals surface area contributed by atoms with Crippen molar-refractivity contribution < 1.29 is 19.1 Å². The molecule has 6 nitrogen and oxygen atoms in total. The van der Waals surface area contributed by atoms with Crippen molar-refractivity contribution in [2.75, 3.05) is 13.2 Å². The van der Waals surface area contributed by atoms with E-state index >= 15 is 0 Å². The minimum atomic E-state index is -0.769. The highest BCUT2D eigenvalue weighted by molar-refractivity contribution is 9.12. The van der Waals surface area contributed by atoms with E-state index in [1.807, 2.05) is 0 Å². The van der Waals surface area contributed by atoms with Gasteiger partial charge in [-0.2, -0.15) is 0 Å². The van der Waals surface area contributed by atoms with E-state index in [-0.39, 0.29) is 57.2 Å². The van der Waals surface area contributed by atoms with E-state index in [0.29, 0.717) is 6.54 Å². The van der Waals surface area contributed by atoms with Crippen LogP contribution < -0.4 is 5.32 Å². The summed E-state index contributed by atoms with van der Waals surface area (Å²) < 4.78 is 5.50. The summed E-state index contributed by atoms with van der Waals surface area (Å²) in [5, 5.41) is 2.84. The number of hydrogen-bond acceptors (Lipinski definition) is 4. The summed E-state index contributed by atoms with van der Waals surface area (Å²) in [7, 11) is 0. The van der Waals surface area contributed by atoms with Crippen LogP contribution in [0.2, 0.25) is 0 Å².